The first kappa shape index (κ1) is 21.0. The number of amides is 1. The molecule has 1 atom stereocenters. The number of likely N-dealkylation sites (N-methyl/N-ethyl adjacent to an activating group) is 1. The van der Waals surface area contributed by atoms with Gasteiger partial charge in [0.25, 0.3) is 0 Å². The van der Waals surface area contributed by atoms with Crippen LogP contribution in [0.4, 0.5) is 0 Å². The fraction of sp³-hybridized carbons (Fsp3) is 0.583. The number of nitrogens with zero attached hydrogens (tertiary/aromatic N) is 1. The molecular formula is C12H23Cl2N3OS. The highest BCUT2D eigenvalue weighted by molar-refractivity contribution is 7.10. The van der Waals surface area contributed by atoms with E-state index in [-0.39, 0.29) is 36.8 Å². The summed E-state index contributed by atoms with van der Waals surface area (Å²) in [6.45, 7) is 1.38. The molecule has 7 heteroatoms. The Hall–Kier alpha value is -0.330. The second-order valence-corrected chi connectivity index (χ2v) is 5.13. The van der Waals surface area contributed by atoms with Crippen LogP contribution in [0, 0.1) is 0 Å². The Balaban J connectivity index is 0. The zero-order valence-corrected chi connectivity index (χ0v) is 14.0. The molecule has 1 amide bonds. The van der Waals surface area contributed by atoms with E-state index in [0.29, 0.717) is 13.0 Å². The summed E-state index contributed by atoms with van der Waals surface area (Å²) < 4.78 is 0. The zero-order chi connectivity index (χ0) is 12.7. The highest BCUT2D eigenvalue weighted by Crippen LogP contribution is 2.22. The van der Waals surface area contributed by atoms with E-state index in [1.807, 2.05) is 27.2 Å². The van der Waals surface area contributed by atoms with Gasteiger partial charge < -0.3 is 15.5 Å². The third-order valence-electron chi connectivity index (χ3n) is 2.59. The third kappa shape index (κ3) is 7.74. The predicted molar refractivity (Wildman–Crippen MR) is 86.8 cm³/mol. The molecule has 112 valence electrons. The average Bonchev–Trinajstić information content (AvgIpc) is 2.79. The number of halogens is 2. The molecule has 1 heterocycles. The predicted octanol–water partition coefficient (Wildman–Crippen LogP) is 1.92. The van der Waals surface area contributed by atoms with Crippen molar-refractivity contribution in [2.24, 2.45) is 0 Å². The zero-order valence-electron chi connectivity index (χ0n) is 11.5. The summed E-state index contributed by atoms with van der Waals surface area (Å²) in [4.78, 5) is 14.9. The minimum absolute atomic E-state index is 0. The first-order chi connectivity index (χ1) is 8.15. The quantitative estimate of drug-likeness (QED) is 0.804. The van der Waals surface area contributed by atoms with E-state index < -0.39 is 0 Å². The lowest BCUT2D eigenvalue weighted by Gasteiger charge is -2.23. The molecule has 0 saturated carbocycles. The summed E-state index contributed by atoms with van der Waals surface area (Å²) in [6.07, 6.45) is 0.529. The number of thiophene rings is 1. The standard InChI is InChI=1S/C12H21N3OS.2ClH/c1-13-7-6-12(16)14-9-10(15(2)3)11-5-4-8-17-11;;/h4-5,8,10,13H,6-7,9H2,1-3H3,(H,14,16);2*1H. The Labute approximate surface area is 131 Å². The van der Waals surface area contributed by atoms with Gasteiger partial charge in [-0.1, -0.05) is 6.07 Å². The van der Waals surface area contributed by atoms with E-state index in [1.165, 1.54) is 4.88 Å². The van der Waals surface area contributed by atoms with Crippen LogP contribution >= 0.6 is 36.2 Å². The lowest BCUT2D eigenvalue weighted by atomic mass is 10.2. The number of carbonyl (C=O) groups excluding carboxylic acids is 1. The van der Waals surface area contributed by atoms with Gasteiger partial charge in [-0.3, -0.25) is 4.79 Å². The Kier molecular flexibility index (Phi) is 12.7. The Morgan fingerprint density at radius 2 is 2.11 bits per heavy atom. The van der Waals surface area contributed by atoms with Crippen LogP contribution in [0.1, 0.15) is 17.3 Å². The van der Waals surface area contributed by atoms with Crippen molar-refractivity contribution < 1.29 is 4.79 Å². The van der Waals surface area contributed by atoms with Crippen molar-refractivity contribution in [2.75, 3.05) is 34.2 Å². The van der Waals surface area contributed by atoms with E-state index in [2.05, 4.69) is 27.0 Å². The monoisotopic (exact) mass is 327 g/mol. The molecule has 0 aliphatic rings. The molecule has 1 aromatic heterocycles. The molecule has 0 radical (unpaired) electrons. The van der Waals surface area contributed by atoms with Crippen LogP contribution in [-0.2, 0) is 4.79 Å². The van der Waals surface area contributed by atoms with Crippen LogP contribution < -0.4 is 10.6 Å². The molecule has 0 aromatic carbocycles. The number of rotatable bonds is 7. The number of hydrogen-bond donors (Lipinski definition) is 2. The van der Waals surface area contributed by atoms with Crippen molar-refractivity contribution >= 4 is 42.1 Å². The topological polar surface area (TPSA) is 44.4 Å². The van der Waals surface area contributed by atoms with Crippen molar-refractivity contribution in [3.05, 3.63) is 22.4 Å². The molecule has 1 rings (SSSR count). The van der Waals surface area contributed by atoms with E-state index in [0.717, 1.165) is 6.54 Å². The Morgan fingerprint density at radius 1 is 1.42 bits per heavy atom. The molecule has 1 unspecified atom stereocenters. The van der Waals surface area contributed by atoms with E-state index in [4.69, 9.17) is 0 Å². The first-order valence-corrected chi connectivity index (χ1v) is 6.64. The van der Waals surface area contributed by atoms with Crippen molar-refractivity contribution in [1.29, 1.82) is 0 Å². The highest BCUT2D eigenvalue weighted by Gasteiger charge is 2.15. The summed E-state index contributed by atoms with van der Waals surface area (Å²) in [5.74, 6) is 0.0998. The fourth-order valence-corrected chi connectivity index (χ4v) is 2.48. The normalized spacial score (nSPS) is 11.4. The van der Waals surface area contributed by atoms with Crippen molar-refractivity contribution in [1.82, 2.24) is 15.5 Å². The molecule has 4 nitrogen and oxygen atoms in total. The van der Waals surface area contributed by atoms with E-state index in [1.54, 1.807) is 11.3 Å². The van der Waals surface area contributed by atoms with Crippen molar-refractivity contribution in [2.45, 2.75) is 12.5 Å². The molecule has 0 bridgehead atoms. The minimum atomic E-state index is 0. The largest absolute Gasteiger partial charge is 0.354 e. The van der Waals surface area contributed by atoms with Crippen LogP contribution in [0.5, 0.6) is 0 Å². The van der Waals surface area contributed by atoms with Crippen LogP contribution in [0.15, 0.2) is 17.5 Å². The van der Waals surface area contributed by atoms with Crippen LogP contribution in [0.25, 0.3) is 0 Å². The maximum Gasteiger partial charge on any atom is 0.221 e. The maximum atomic E-state index is 11.5. The molecule has 0 spiro atoms. The van der Waals surface area contributed by atoms with Gasteiger partial charge >= 0.3 is 0 Å². The first-order valence-electron chi connectivity index (χ1n) is 5.76. The SMILES string of the molecule is CNCCC(=O)NCC(c1cccs1)N(C)C.Cl.Cl. The smallest absolute Gasteiger partial charge is 0.221 e. The maximum absolute atomic E-state index is 11.5. The minimum Gasteiger partial charge on any atom is -0.354 e. The Bertz CT molecular complexity index is 334. The summed E-state index contributed by atoms with van der Waals surface area (Å²) >= 11 is 1.72. The molecule has 0 aliphatic heterocycles. The summed E-state index contributed by atoms with van der Waals surface area (Å²) in [6, 6.07) is 4.41. The molecule has 0 saturated heterocycles. The number of nitrogens with one attached hydrogen (secondary N) is 2. The second kappa shape index (κ2) is 11.5. The van der Waals surface area contributed by atoms with Crippen molar-refractivity contribution in [3.63, 3.8) is 0 Å². The molecule has 0 aliphatic carbocycles. The average molecular weight is 328 g/mol. The van der Waals surface area contributed by atoms with E-state index >= 15 is 0 Å². The van der Waals surface area contributed by atoms with Crippen molar-refractivity contribution in [3.8, 4) is 0 Å². The summed E-state index contributed by atoms with van der Waals surface area (Å²) in [5, 5.41) is 8.00. The molecule has 2 N–H and O–H groups in total. The molecule has 19 heavy (non-hydrogen) atoms. The van der Waals surface area contributed by atoms with Gasteiger partial charge in [-0.05, 0) is 32.6 Å². The second-order valence-electron chi connectivity index (χ2n) is 4.15. The third-order valence-corrected chi connectivity index (χ3v) is 3.56. The molecular weight excluding hydrogens is 305 g/mol. The van der Waals surface area contributed by atoms with Gasteiger partial charge in [0.15, 0.2) is 0 Å². The van der Waals surface area contributed by atoms with Gasteiger partial charge in [0.05, 0.1) is 6.04 Å². The molecule has 0 fully saturated rings. The van der Waals surface area contributed by atoms with Gasteiger partial charge in [0.2, 0.25) is 5.91 Å². The van der Waals surface area contributed by atoms with Gasteiger partial charge in [-0.2, -0.15) is 0 Å². The molecule has 1 aromatic rings. The van der Waals surface area contributed by atoms with Gasteiger partial charge in [-0.15, -0.1) is 36.2 Å². The van der Waals surface area contributed by atoms with Gasteiger partial charge in [0, 0.05) is 24.4 Å². The number of hydrogen-bond acceptors (Lipinski definition) is 4. The van der Waals surface area contributed by atoms with Crippen LogP contribution in [0.3, 0.4) is 0 Å². The summed E-state index contributed by atoms with van der Waals surface area (Å²) in [7, 11) is 5.91. The van der Waals surface area contributed by atoms with Gasteiger partial charge in [0.1, 0.15) is 0 Å². The van der Waals surface area contributed by atoms with E-state index in [9.17, 15) is 4.79 Å². The number of carbonyl (C=O) groups is 1. The highest BCUT2D eigenvalue weighted by atomic mass is 35.5. The lowest BCUT2D eigenvalue weighted by Crippen LogP contribution is -2.35. The lowest BCUT2D eigenvalue weighted by molar-refractivity contribution is -0.121. The Morgan fingerprint density at radius 3 is 2.58 bits per heavy atom. The van der Waals surface area contributed by atoms with Crippen LogP contribution in [-0.4, -0.2) is 45.0 Å². The fourth-order valence-electron chi connectivity index (χ4n) is 1.56. The van der Waals surface area contributed by atoms with Gasteiger partial charge in [-0.25, -0.2) is 0 Å². The van der Waals surface area contributed by atoms with Crippen LogP contribution in [0.2, 0.25) is 0 Å². The summed E-state index contributed by atoms with van der Waals surface area (Å²) in [5.41, 5.74) is 0.